The topological polar surface area (TPSA) is 75.6 Å². The Labute approximate surface area is 173 Å². The van der Waals surface area contributed by atoms with Crippen LogP contribution in [0.1, 0.15) is 12.5 Å². The summed E-state index contributed by atoms with van der Waals surface area (Å²) in [6.45, 7) is 11.7. The maximum Gasteiger partial charge on any atom is 0.319 e. The number of rotatable bonds is 4. The van der Waals surface area contributed by atoms with Crippen molar-refractivity contribution in [3.63, 3.8) is 0 Å². The van der Waals surface area contributed by atoms with Gasteiger partial charge in [0.05, 0.1) is 24.5 Å². The van der Waals surface area contributed by atoms with Crippen LogP contribution in [-0.2, 0) is 4.74 Å². The van der Waals surface area contributed by atoms with Gasteiger partial charge in [-0.2, -0.15) is 9.97 Å². The predicted octanol–water partition coefficient (Wildman–Crippen LogP) is 2.19. The van der Waals surface area contributed by atoms with Crippen LogP contribution in [-0.4, -0.2) is 74.0 Å². The van der Waals surface area contributed by atoms with Crippen LogP contribution >= 0.6 is 11.3 Å². The number of ether oxygens (including phenoxy) is 2. The second kappa shape index (κ2) is 7.89. The lowest BCUT2D eigenvalue weighted by Crippen LogP contribution is -2.44. The van der Waals surface area contributed by atoms with E-state index in [4.69, 9.17) is 24.4 Å². The standard InChI is InChI=1S/C20H26N6O2S/c1-3-28-20-23-16-15-13(2)12-14(25-8-10-27-11-9-25)22-19(15)29-17(16)18(24-20)26-6-4-21-5-7-26/h12,21H,3-11H2,1-2H3. The minimum Gasteiger partial charge on any atom is -0.464 e. The zero-order valence-electron chi connectivity index (χ0n) is 16.9. The molecular weight excluding hydrogens is 388 g/mol. The number of anilines is 2. The molecule has 0 amide bonds. The number of hydrogen-bond donors (Lipinski definition) is 1. The molecule has 0 spiro atoms. The van der Waals surface area contributed by atoms with Crippen LogP contribution in [0.15, 0.2) is 6.07 Å². The average Bonchev–Trinajstić information content (AvgIpc) is 3.13. The molecule has 0 saturated carbocycles. The minimum atomic E-state index is 0.449. The van der Waals surface area contributed by atoms with Gasteiger partial charge in [-0.05, 0) is 25.5 Å². The number of pyridine rings is 1. The molecular formula is C20H26N6O2S. The molecule has 5 heterocycles. The normalized spacial score (nSPS) is 18.0. The lowest BCUT2D eigenvalue weighted by molar-refractivity contribution is 0.122. The fraction of sp³-hybridized carbons (Fsp3) is 0.550. The van der Waals surface area contributed by atoms with E-state index in [1.54, 1.807) is 11.3 Å². The van der Waals surface area contributed by atoms with Crippen molar-refractivity contribution in [1.29, 1.82) is 0 Å². The van der Waals surface area contributed by atoms with Gasteiger partial charge in [0.25, 0.3) is 0 Å². The number of thiophene rings is 1. The van der Waals surface area contributed by atoms with Crippen molar-refractivity contribution in [1.82, 2.24) is 20.3 Å². The van der Waals surface area contributed by atoms with Gasteiger partial charge in [0.2, 0.25) is 0 Å². The molecule has 1 N–H and O–H groups in total. The van der Waals surface area contributed by atoms with E-state index in [9.17, 15) is 0 Å². The van der Waals surface area contributed by atoms with Gasteiger partial charge in [0.1, 0.15) is 16.2 Å². The summed E-state index contributed by atoms with van der Waals surface area (Å²) < 4.78 is 12.3. The quantitative estimate of drug-likeness (QED) is 0.696. The number of nitrogens with one attached hydrogen (secondary N) is 1. The maximum absolute atomic E-state index is 5.72. The molecule has 0 atom stereocenters. The van der Waals surface area contributed by atoms with Crippen molar-refractivity contribution in [2.24, 2.45) is 0 Å². The van der Waals surface area contributed by atoms with E-state index in [0.29, 0.717) is 12.6 Å². The molecule has 29 heavy (non-hydrogen) atoms. The van der Waals surface area contributed by atoms with E-state index >= 15 is 0 Å². The van der Waals surface area contributed by atoms with Gasteiger partial charge >= 0.3 is 6.01 Å². The summed E-state index contributed by atoms with van der Waals surface area (Å²) in [4.78, 5) is 20.2. The third kappa shape index (κ3) is 3.47. The highest BCUT2D eigenvalue weighted by molar-refractivity contribution is 7.26. The monoisotopic (exact) mass is 414 g/mol. The van der Waals surface area contributed by atoms with Gasteiger partial charge in [0, 0.05) is 44.7 Å². The van der Waals surface area contributed by atoms with Crippen molar-refractivity contribution in [2.75, 3.05) is 68.9 Å². The highest BCUT2D eigenvalue weighted by atomic mass is 32.1. The first-order chi connectivity index (χ1) is 14.2. The van der Waals surface area contributed by atoms with Crippen molar-refractivity contribution in [2.45, 2.75) is 13.8 Å². The van der Waals surface area contributed by atoms with Gasteiger partial charge in [-0.15, -0.1) is 11.3 Å². The highest BCUT2D eigenvalue weighted by Gasteiger charge is 2.23. The number of hydrogen-bond acceptors (Lipinski definition) is 9. The molecule has 0 radical (unpaired) electrons. The largest absolute Gasteiger partial charge is 0.464 e. The molecule has 3 aromatic rings. The van der Waals surface area contributed by atoms with E-state index in [-0.39, 0.29) is 0 Å². The van der Waals surface area contributed by atoms with Crippen LogP contribution in [0.25, 0.3) is 20.4 Å². The summed E-state index contributed by atoms with van der Waals surface area (Å²) in [6, 6.07) is 2.62. The molecule has 0 aromatic carbocycles. The molecule has 3 aromatic heterocycles. The van der Waals surface area contributed by atoms with Gasteiger partial charge in [-0.25, -0.2) is 4.98 Å². The molecule has 8 nitrogen and oxygen atoms in total. The van der Waals surface area contributed by atoms with Gasteiger partial charge < -0.3 is 24.6 Å². The third-order valence-electron chi connectivity index (χ3n) is 5.46. The Hall–Kier alpha value is -2.23. The highest BCUT2D eigenvalue weighted by Crippen LogP contribution is 2.40. The lowest BCUT2D eigenvalue weighted by Gasteiger charge is -2.28. The fourth-order valence-corrected chi connectivity index (χ4v) is 5.21. The van der Waals surface area contributed by atoms with Gasteiger partial charge in [-0.3, -0.25) is 0 Å². The molecule has 2 saturated heterocycles. The first-order valence-corrected chi connectivity index (χ1v) is 11.1. The molecule has 2 fully saturated rings. The van der Waals surface area contributed by atoms with Crippen LogP contribution in [0.5, 0.6) is 6.01 Å². The number of aromatic nitrogens is 3. The molecule has 2 aliphatic heterocycles. The lowest BCUT2D eigenvalue weighted by atomic mass is 10.1. The Morgan fingerprint density at radius 2 is 1.90 bits per heavy atom. The molecule has 0 bridgehead atoms. The van der Waals surface area contributed by atoms with Crippen molar-refractivity contribution in [3.05, 3.63) is 11.6 Å². The number of fused-ring (bicyclic) bond motifs is 3. The van der Waals surface area contributed by atoms with E-state index in [1.807, 2.05) is 6.92 Å². The van der Waals surface area contributed by atoms with Crippen LogP contribution in [0, 0.1) is 6.92 Å². The zero-order valence-corrected chi connectivity index (χ0v) is 17.7. The average molecular weight is 415 g/mol. The Balaban J connectivity index is 1.68. The molecule has 0 unspecified atom stereocenters. The first kappa shape index (κ1) is 18.8. The summed E-state index contributed by atoms with van der Waals surface area (Å²) in [5.74, 6) is 1.99. The zero-order chi connectivity index (χ0) is 19.8. The summed E-state index contributed by atoms with van der Waals surface area (Å²) >= 11 is 1.69. The minimum absolute atomic E-state index is 0.449. The maximum atomic E-state index is 5.72. The molecule has 0 aliphatic carbocycles. The summed E-state index contributed by atoms with van der Waals surface area (Å²) in [7, 11) is 0. The Morgan fingerprint density at radius 1 is 1.10 bits per heavy atom. The van der Waals surface area contributed by atoms with Crippen LogP contribution in [0.3, 0.4) is 0 Å². The van der Waals surface area contributed by atoms with E-state index < -0.39 is 0 Å². The number of aryl methyl sites for hydroxylation is 1. The van der Waals surface area contributed by atoms with Gasteiger partial charge in [-0.1, -0.05) is 0 Å². The van der Waals surface area contributed by atoms with Crippen molar-refractivity contribution in [3.8, 4) is 6.01 Å². The summed E-state index contributed by atoms with van der Waals surface area (Å²) in [5, 5.41) is 4.52. The van der Waals surface area contributed by atoms with Crippen LogP contribution in [0.4, 0.5) is 11.6 Å². The fourth-order valence-electron chi connectivity index (χ4n) is 4.01. The van der Waals surface area contributed by atoms with E-state index in [2.05, 4.69) is 28.1 Å². The van der Waals surface area contributed by atoms with Gasteiger partial charge in [0.15, 0.2) is 5.82 Å². The Kier molecular flexibility index (Phi) is 5.11. The first-order valence-electron chi connectivity index (χ1n) is 10.3. The summed E-state index contributed by atoms with van der Waals surface area (Å²) in [5.41, 5.74) is 2.14. The molecule has 154 valence electrons. The Bertz CT molecular complexity index is 1030. The molecule has 9 heteroatoms. The second-order valence-electron chi connectivity index (χ2n) is 7.36. The van der Waals surface area contributed by atoms with Crippen LogP contribution in [0.2, 0.25) is 0 Å². The molecule has 5 rings (SSSR count). The van der Waals surface area contributed by atoms with E-state index in [1.165, 1.54) is 5.56 Å². The second-order valence-corrected chi connectivity index (χ2v) is 8.36. The molecule has 2 aliphatic rings. The third-order valence-corrected chi connectivity index (χ3v) is 6.53. The number of morpholine rings is 1. The van der Waals surface area contributed by atoms with Crippen molar-refractivity contribution >= 4 is 43.4 Å². The van der Waals surface area contributed by atoms with Crippen molar-refractivity contribution < 1.29 is 9.47 Å². The van der Waals surface area contributed by atoms with E-state index in [0.717, 1.165) is 84.6 Å². The number of nitrogens with zero attached hydrogens (tertiary/aromatic N) is 5. The summed E-state index contributed by atoms with van der Waals surface area (Å²) in [6.07, 6.45) is 0. The Morgan fingerprint density at radius 3 is 2.66 bits per heavy atom. The predicted molar refractivity (Wildman–Crippen MR) is 117 cm³/mol. The SMILES string of the molecule is CCOc1nc(N2CCNCC2)c2sc3nc(N4CCOCC4)cc(C)c3c2n1. The van der Waals surface area contributed by atoms with Crippen LogP contribution < -0.4 is 19.9 Å². The smallest absolute Gasteiger partial charge is 0.319 e. The number of piperazine rings is 1.